The quantitative estimate of drug-likeness (QED) is 0.543. The van der Waals surface area contributed by atoms with Gasteiger partial charge >= 0.3 is 0 Å². The van der Waals surface area contributed by atoms with Crippen LogP contribution in [-0.2, 0) is 0 Å². The zero-order valence-corrected chi connectivity index (χ0v) is 14.8. The van der Waals surface area contributed by atoms with Crippen LogP contribution >= 0.6 is 11.3 Å². The van der Waals surface area contributed by atoms with Crippen molar-refractivity contribution in [1.82, 2.24) is 10.4 Å². The molecule has 25 heavy (non-hydrogen) atoms. The number of nitrogens with one attached hydrogen (secondary N) is 1. The molecule has 0 bridgehead atoms. The van der Waals surface area contributed by atoms with Crippen molar-refractivity contribution in [2.45, 2.75) is 13.8 Å². The third-order valence-electron chi connectivity index (χ3n) is 3.61. The van der Waals surface area contributed by atoms with Crippen LogP contribution in [-0.4, -0.2) is 23.7 Å². The molecule has 3 aromatic rings. The van der Waals surface area contributed by atoms with Gasteiger partial charge in [-0.05, 0) is 30.7 Å². The van der Waals surface area contributed by atoms with Crippen LogP contribution in [0.2, 0.25) is 0 Å². The first-order valence-corrected chi connectivity index (χ1v) is 8.62. The molecule has 7 heteroatoms. The van der Waals surface area contributed by atoms with Crippen LogP contribution in [0, 0.1) is 6.92 Å². The van der Waals surface area contributed by atoms with Crippen molar-refractivity contribution in [1.29, 1.82) is 0 Å². The van der Waals surface area contributed by atoms with E-state index < -0.39 is 0 Å². The minimum atomic E-state index is -0.332. The van der Waals surface area contributed by atoms with Gasteiger partial charge in [-0.3, -0.25) is 4.79 Å². The maximum absolute atomic E-state index is 12.2. The number of hydrogen-bond donors (Lipinski definition) is 2. The summed E-state index contributed by atoms with van der Waals surface area (Å²) < 4.78 is 5.68. The Kier molecular flexibility index (Phi) is 4.95. The molecule has 1 aromatic heterocycles. The van der Waals surface area contributed by atoms with Gasteiger partial charge in [-0.2, -0.15) is 5.10 Å². The Morgan fingerprint density at radius 2 is 2.16 bits per heavy atom. The van der Waals surface area contributed by atoms with Crippen molar-refractivity contribution in [2.24, 2.45) is 5.10 Å². The standard InChI is InChI=1S/C18H18N4O2S/c1-3-24-15-9-8-12-6-4-5-7-13(12)14(15)10-20-22-17(23)16-11(2)21-18(19)25-16/h4-10H,3H2,1-2H3,(H2,19,21)(H,22,23). The molecular weight excluding hydrogens is 336 g/mol. The molecule has 2 aromatic carbocycles. The molecule has 6 nitrogen and oxygen atoms in total. The van der Waals surface area contributed by atoms with E-state index in [4.69, 9.17) is 10.5 Å². The Bertz CT molecular complexity index is 949. The summed E-state index contributed by atoms with van der Waals surface area (Å²) in [6.45, 7) is 4.21. The number of nitrogen functional groups attached to an aromatic ring is 1. The Morgan fingerprint density at radius 1 is 1.36 bits per heavy atom. The number of anilines is 1. The lowest BCUT2D eigenvalue weighted by atomic mass is 10.0. The van der Waals surface area contributed by atoms with Crippen molar-refractivity contribution in [3.05, 3.63) is 52.5 Å². The highest BCUT2D eigenvalue weighted by molar-refractivity contribution is 7.17. The van der Waals surface area contributed by atoms with Crippen LogP contribution < -0.4 is 15.9 Å². The molecule has 1 amide bonds. The number of aryl methyl sites for hydroxylation is 1. The summed E-state index contributed by atoms with van der Waals surface area (Å²) in [5.41, 5.74) is 9.56. The highest BCUT2D eigenvalue weighted by Gasteiger charge is 2.13. The van der Waals surface area contributed by atoms with Gasteiger partial charge in [-0.15, -0.1) is 0 Å². The van der Waals surface area contributed by atoms with Crippen LogP contribution in [0.15, 0.2) is 41.5 Å². The number of benzene rings is 2. The third-order valence-corrected chi connectivity index (χ3v) is 4.59. The van der Waals surface area contributed by atoms with E-state index in [1.54, 1.807) is 13.1 Å². The lowest BCUT2D eigenvalue weighted by Crippen LogP contribution is -2.17. The average molecular weight is 354 g/mol. The van der Waals surface area contributed by atoms with Gasteiger partial charge in [0, 0.05) is 5.56 Å². The summed E-state index contributed by atoms with van der Waals surface area (Å²) in [7, 11) is 0. The number of hydrazone groups is 1. The summed E-state index contributed by atoms with van der Waals surface area (Å²) in [5, 5.41) is 6.53. The van der Waals surface area contributed by atoms with Gasteiger partial charge in [0.25, 0.3) is 5.91 Å². The zero-order chi connectivity index (χ0) is 17.8. The van der Waals surface area contributed by atoms with Gasteiger partial charge in [-0.25, -0.2) is 10.4 Å². The molecule has 0 unspecified atom stereocenters. The second-order valence-electron chi connectivity index (χ2n) is 5.30. The van der Waals surface area contributed by atoms with Crippen LogP contribution in [0.4, 0.5) is 5.13 Å². The van der Waals surface area contributed by atoms with E-state index in [0.717, 1.165) is 33.4 Å². The Hall–Kier alpha value is -2.93. The van der Waals surface area contributed by atoms with Gasteiger partial charge in [-0.1, -0.05) is 41.7 Å². The van der Waals surface area contributed by atoms with E-state index in [1.165, 1.54) is 0 Å². The van der Waals surface area contributed by atoms with Gasteiger partial charge in [0.15, 0.2) is 5.13 Å². The molecular formula is C18H18N4O2S. The molecule has 0 aliphatic heterocycles. The van der Waals surface area contributed by atoms with Crippen molar-refractivity contribution in [2.75, 3.05) is 12.3 Å². The predicted octanol–water partition coefficient (Wildman–Crippen LogP) is 3.35. The van der Waals surface area contributed by atoms with Gasteiger partial charge in [0.2, 0.25) is 0 Å². The number of hydrogen-bond acceptors (Lipinski definition) is 6. The number of carbonyl (C=O) groups is 1. The highest BCUT2D eigenvalue weighted by atomic mass is 32.1. The van der Waals surface area contributed by atoms with E-state index in [2.05, 4.69) is 15.5 Å². The number of nitrogens with two attached hydrogens (primary N) is 1. The van der Waals surface area contributed by atoms with E-state index in [9.17, 15) is 4.79 Å². The van der Waals surface area contributed by atoms with Crippen molar-refractivity contribution >= 4 is 39.4 Å². The Labute approximate surface area is 149 Å². The molecule has 3 rings (SSSR count). The number of ether oxygens (including phenoxy) is 1. The SMILES string of the molecule is CCOc1ccc2ccccc2c1C=NNC(=O)c1sc(N)nc1C. The molecule has 0 radical (unpaired) electrons. The van der Waals surface area contributed by atoms with E-state index in [0.29, 0.717) is 22.3 Å². The lowest BCUT2D eigenvalue weighted by molar-refractivity contribution is 0.0958. The smallest absolute Gasteiger partial charge is 0.283 e. The number of amides is 1. The Balaban J connectivity index is 1.88. The monoisotopic (exact) mass is 354 g/mol. The van der Waals surface area contributed by atoms with Crippen LogP contribution in [0.1, 0.15) is 27.9 Å². The van der Waals surface area contributed by atoms with E-state index in [-0.39, 0.29) is 5.91 Å². The maximum Gasteiger partial charge on any atom is 0.283 e. The first-order chi connectivity index (χ1) is 12.1. The van der Waals surface area contributed by atoms with Crippen LogP contribution in [0.5, 0.6) is 5.75 Å². The molecule has 128 valence electrons. The Morgan fingerprint density at radius 3 is 2.88 bits per heavy atom. The van der Waals surface area contributed by atoms with Gasteiger partial charge in [0.05, 0.1) is 18.5 Å². The zero-order valence-electron chi connectivity index (χ0n) is 13.9. The third kappa shape index (κ3) is 3.61. The molecule has 0 saturated heterocycles. The number of carbonyl (C=O) groups excluding carboxylic acids is 1. The van der Waals surface area contributed by atoms with Crippen molar-refractivity contribution < 1.29 is 9.53 Å². The van der Waals surface area contributed by atoms with Gasteiger partial charge < -0.3 is 10.5 Å². The fourth-order valence-corrected chi connectivity index (χ4v) is 3.25. The molecule has 0 atom stereocenters. The van der Waals surface area contributed by atoms with E-state index in [1.807, 2.05) is 43.3 Å². The van der Waals surface area contributed by atoms with Crippen LogP contribution in [0.25, 0.3) is 10.8 Å². The summed E-state index contributed by atoms with van der Waals surface area (Å²) in [6.07, 6.45) is 1.60. The van der Waals surface area contributed by atoms with E-state index >= 15 is 0 Å². The second kappa shape index (κ2) is 7.31. The second-order valence-corrected chi connectivity index (χ2v) is 6.33. The summed E-state index contributed by atoms with van der Waals surface area (Å²) in [4.78, 5) is 16.7. The minimum absolute atomic E-state index is 0.332. The molecule has 0 spiro atoms. The number of aromatic nitrogens is 1. The lowest BCUT2D eigenvalue weighted by Gasteiger charge is -2.10. The fraction of sp³-hybridized carbons (Fsp3) is 0.167. The molecule has 1 heterocycles. The molecule has 0 saturated carbocycles. The largest absolute Gasteiger partial charge is 0.493 e. The molecule has 3 N–H and O–H groups in total. The minimum Gasteiger partial charge on any atom is -0.493 e. The normalized spacial score (nSPS) is 11.1. The summed E-state index contributed by atoms with van der Waals surface area (Å²) >= 11 is 1.14. The fourth-order valence-electron chi connectivity index (χ4n) is 2.52. The maximum atomic E-state index is 12.2. The van der Waals surface area contributed by atoms with Crippen molar-refractivity contribution in [3.8, 4) is 5.75 Å². The summed E-state index contributed by atoms with van der Waals surface area (Å²) in [6, 6.07) is 11.8. The average Bonchev–Trinajstić information content (AvgIpc) is 2.95. The molecule has 0 aliphatic carbocycles. The molecule has 0 fully saturated rings. The summed E-state index contributed by atoms with van der Waals surface area (Å²) in [5.74, 6) is 0.388. The number of fused-ring (bicyclic) bond motifs is 1. The number of nitrogens with zero attached hydrogens (tertiary/aromatic N) is 2. The topological polar surface area (TPSA) is 89.6 Å². The van der Waals surface area contributed by atoms with Crippen LogP contribution in [0.3, 0.4) is 0 Å². The molecule has 0 aliphatic rings. The van der Waals surface area contributed by atoms with Gasteiger partial charge in [0.1, 0.15) is 10.6 Å². The number of rotatable bonds is 5. The van der Waals surface area contributed by atoms with Crippen molar-refractivity contribution in [3.63, 3.8) is 0 Å². The first kappa shape index (κ1) is 16.9. The number of thiazole rings is 1. The predicted molar refractivity (Wildman–Crippen MR) is 101 cm³/mol. The highest BCUT2D eigenvalue weighted by Crippen LogP contribution is 2.26. The first-order valence-electron chi connectivity index (χ1n) is 7.81.